The second-order valence-electron chi connectivity index (χ2n) is 6.04. The molecule has 4 aromatic rings. The third-order valence-corrected chi connectivity index (χ3v) is 5.11. The molecule has 0 aliphatic carbocycles. The Bertz CT molecular complexity index is 1040. The Labute approximate surface area is 161 Å². The fourth-order valence-corrected chi connectivity index (χ4v) is 3.51. The molecule has 2 aromatic carbocycles. The van der Waals surface area contributed by atoms with Gasteiger partial charge in [0.1, 0.15) is 11.4 Å². The van der Waals surface area contributed by atoms with Gasteiger partial charge >= 0.3 is 0 Å². The number of aromatic nitrogens is 5. The highest BCUT2D eigenvalue weighted by Crippen LogP contribution is 2.29. The first-order valence-electron chi connectivity index (χ1n) is 8.50. The van der Waals surface area contributed by atoms with Crippen molar-refractivity contribution >= 4 is 11.8 Å². The standard InChI is InChI=1S/C20H19N5OS/c1-15-11-24(13-21-15)19-9-8-16(10-20(19)26-2)18-12-25(23-22-18)14-27-17-6-4-3-5-7-17/h3-13H,14H2,1-2H3. The van der Waals surface area contributed by atoms with Crippen molar-refractivity contribution in [1.29, 1.82) is 0 Å². The third-order valence-electron chi connectivity index (χ3n) is 4.11. The van der Waals surface area contributed by atoms with Crippen LogP contribution in [-0.4, -0.2) is 31.7 Å². The largest absolute Gasteiger partial charge is 0.495 e. The maximum absolute atomic E-state index is 5.58. The van der Waals surface area contributed by atoms with Gasteiger partial charge in [-0.05, 0) is 31.2 Å². The van der Waals surface area contributed by atoms with Gasteiger partial charge in [-0.15, -0.1) is 16.9 Å². The summed E-state index contributed by atoms with van der Waals surface area (Å²) in [6.07, 6.45) is 5.70. The van der Waals surface area contributed by atoms with Crippen LogP contribution in [0.15, 0.2) is 72.1 Å². The molecule has 2 heterocycles. The van der Waals surface area contributed by atoms with Gasteiger partial charge < -0.3 is 9.30 Å². The van der Waals surface area contributed by atoms with Crippen LogP contribution in [0.4, 0.5) is 0 Å². The normalized spacial score (nSPS) is 10.9. The minimum absolute atomic E-state index is 0.709. The van der Waals surface area contributed by atoms with E-state index in [1.807, 2.05) is 65.0 Å². The Hall–Kier alpha value is -3.06. The summed E-state index contributed by atoms with van der Waals surface area (Å²) in [5.74, 6) is 1.47. The lowest BCUT2D eigenvalue weighted by molar-refractivity contribution is 0.413. The van der Waals surface area contributed by atoms with Gasteiger partial charge in [0.05, 0.1) is 36.9 Å². The molecule has 6 nitrogen and oxygen atoms in total. The van der Waals surface area contributed by atoms with Crippen molar-refractivity contribution in [2.75, 3.05) is 7.11 Å². The van der Waals surface area contributed by atoms with E-state index in [9.17, 15) is 0 Å². The zero-order valence-electron chi connectivity index (χ0n) is 15.1. The number of hydrogen-bond donors (Lipinski definition) is 0. The number of ether oxygens (including phenoxy) is 1. The predicted octanol–water partition coefficient (Wildman–Crippen LogP) is 4.20. The summed E-state index contributed by atoms with van der Waals surface area (Å²) >= 11 is 1.72. The molecular formula is C20H19N5OS. The molecule has 136 valence electrons. The van der Waals surface area contributed by atoms with E-state index in [-0.39, 0.29) is 0 Å². The summed E-state index contributed by atoms with van der Waals surface area (Å²) < 4.78 is 9.37. The number of benzene rings is 2. The van der Waals surface area contributed by atoms with E-state index < -0.39 is 0 Å². The molecule has 7 heteroatoms. The van der Waals surface area contributed by atoms with E-state index in [2.05, 4.69) is 27.4 Å². The van der Waals surface area contributed by atoms with Crippen molar-refractivity contribution in [2.24, 2.45) is 0 Å². The number of hydrogen-bond acceptors (Lipinski definition) is 5. The van der Waals surface area contributed by atoms with Crippen LogP contribution < -0.4 is 4.74 Å². The van der Waals surface area contributed by atoms with E-state index in [4.69, 9.17) is 4.74 Å². The van der Waals surface area contributed by atoms with Gasteiger partial charge in [0.2, 0.25) is 0 Å². The van der Waals surface area contributed by atoms with E-state index in [1.165, 1.54) is 4.90 Å². The molecule has 0 spiro atoms. The molecule has 0 aliphatic rings. The first kappa shape index (κ1) is 17.4. The molecule has 0 bridgehead atoms. The van der Waals surface area contributed by atoms with Gasteiger partial charge in [-0.25, -0.2) is 9.67 Å². The highest BCUT2D eigenvalue weighted by molar-refractivity contribution is 7.98. The van der Waals surface area contributed by atoms with E-state index >= 15 is 0 Å². The van der Waals surface area contributed by atoms with E-state index in [1.54, 1.807) is 25.2 Å². The molecule has 0 N–H and O–H groups in total. The molecule has 0 unspecified atom stereocenters. The third kappa shape index (κ3) is 3.88. The molecule has 0 saturated carbocycles. The molecule has 0 fully saturated rings. The Kier molecular flexibility index (Phi) is 4.93. The Morgan fingerprint density at radius 2 is 1.93 bits per heavy atom. The summed E-state index contributed by atoms with van der Waals surface area (Å²) in [6.45, 7) is 1.96. The predicted molar refractivity (Wildman–Crippen MR) is 106 cm³/mol. The lowest BCUT2D eigenvalue weighted by Crippen LogP contribution is -1.96. The average molecular weight is 377 g/mol. The average Bonchev–Trinajstić information content (AvgIpc) is 3.36. The molecule has 0 saturated heterocycles. The lowest BCUT2D eigenvalue weighted by Gasteiger charge is -2.10. The number of aryl methyl sites for hydroxylation is 1. The number of thioether (sulfide) groups is 1. The van der Waals surface area contributed by atoms with Crippen LogP contribution in [0.1, 0.15) is 5.69 Å². The van der Waals surface area contributed by atoms with Crippen LogP contribution in [0.3, 0.4) is 0 Å². The number of rotatable bonds is 6. The van der Waals surface area contributed by atoms with Crippen molar-refractivity contribution in [3.8, 4) is 22.7 Å². The molecule has 2 aromatic heterocycles. The van der Waals surface area contributed by atoms with Crippen LogP contribution in [0, 0.1) is 6.92 Å². The minimum atomic E-state index is 0.709. The second-order valence-corrected chi connectivity index (χ2v) is 7.06. The maximum atomic E-state index is 5.58. The highest BCUT2D eigenvalue weighted by atomic mass is 32.2. The summed E-state index contributed by atoms with van der Waals surface area (Å²) in [6, 6.07) is 16.3. The molecule has 27 heavy (non-hydrogen) atoms. The van der Waals surface area contributed by atoms with Crippen LogP contribution >= 0.6 is 11.8 Å². The van der Waals surface area contributed by atoms with E-state index in [0.717, 1.165) is 28.4 Å². The zero-order valence-corrected chi connectivity index (χ0v) is 15.9. The molecule has 0 amide bonds. The highest BCUT2D eigenvalue weighted by Gasteiger charge is 2.11. The fourth-order valence-electron chi connectivity index (χ4n) is 2.75. The van der Waals surface area contributed by atoms with Crippen LogP contribution in [-0.2, 0) is 5.88 Å². The Balaban J connectivity index is 1.54. The molecule has 0 radical (unpaired) electrons. The zero-order chi connectivity index (χ0) is 18.6. The summed E-state index contributed by atoms with van der Waals surface area (Å²) in [4.78, 5) is 5.48. The van der Waals surface area contributed by atoms with Gasteiger partial charge in [0, 0.05) is 16.7 Å². The summed E-state index contributed by atoms with van der Waals surface area (Å²) in [7, 11) is 1.67. The molecule has 4 rings (SSSR count). The lowest BCUT2D eigenvalue weighted by atomic mass is 10.1. The fraction of sp³-hybridized carbons (Fsp3) is 0.150. The van der Waals surface area contributed by atoms with Crippen molar-refractivity contribution in [2.45, 2.75) is 17.7 Å². The number of nitrogens with zero attached hydrogens (tertiary/aromatic N) is 5. The quantitative estimate of drug-likeness (QED) is 0.472. The minimum Gasteiger partial charge on any atom is -0.495 e. The van der Waals surface area contributed by atoms with E-state index in [0.29, 0.717) is 5.88 Å². The van der Waals surface area contributed by atoms with Crippen molar-refractivity contribution in [3.05, 3.63) is 72.9 Å². The van der Waals surface area contributed by atoms with Crippen LogP contribution in [0.2, 0.25) is 0 Å². The summed E-state index contributed by atoms with van der Waals surface area (Å²) in [5, 5.41) is 8.54. The summed E-state index contributed by atoms with van der Waals surface area (Å²) in [5.41, 5.74) is 3.67. The maximum Gasteiger partial charge on any atom is 0.143 e. The monoisotopic (exact) mass is 377 g/mol. The Morgan fingerprint density at radius 3 is 2.67 bits per heavy atom. The van der Waals surface area contributed by atoms with Crippen molar-refractivity contribution < 1.29 is 4.74 Å². The Morgan fingerprint density at radius 1 is 1.07 bits per heavy atom. The van der Waals surface area contributed by atoms with Crippen molar-refractivity contribution in [3.63, 3.8) is 0 Å². The SMILES string of the molecule is COc1cc(-c2cn(CSc3ccccc3)nn2)ccc1-n1cnc(C)c1. The molecule has 0 aliphatic heterocycles. The number of imidazole rings is 1. The first-order valence-corrected chi connectivity index (χ1v) is 9.49. The van der Waals surface area contributed by atoms with Gasteiger partial charge in [0.25, 0.3) is 0 Å². The first-order chi connectivity index (χ1) is 13.2. The van der Waals surface area contributed by atoms with Gasteiger partial charge in [-0.1, -0.05) is 29.5 Å². The van der Waals surface area contributed by atoms with Gasteiger partial charge in [-0.3, -0.25) is 0 Å². The second kappa shape index (κ2) is 7.67. The van der Waals surface area contributed by atoms with Gasteiger partial charge in [-0.2, -0.15) is 0 Å². The smallest absolute Gasteiger partial charge is 0.143 e. The van der Waals surface area contributed by atoms with Gasteiger partial charge in [0.15, 0.2) is 0 Å². The van der Waals surface area contributed by atoms with Crippen LogP contribution in [0.5, 0.6) is 5.75 Å². The number of methoxy groups -OCH3 is 1. The molecular weight excluding hydrogens is 358 g/mol. The van der Waals surface area contributed by atoms with Crippen LogP contribution in [0.25, 0.3) is 16.9 Å². The topological polar surface area (TPSA) is 57.8 Å². The van der Waals surface area contributed by atoms with Crippen molar-refractivity contribution in [1.82, 2.24) is 24.5 Å². The molecule has 0 atom stereocenters.